The molecule has 0 saturated carbocycles. The van der Waals surface area contributed by atoms with E-state index in [9.17, 15) is 4.39 Å². The van der Waals surface area contributed by atoms with Crippen molar-refractivity contribution in [1.82, 2.24) is 5.32 Å². The Balaban J connectivity index is 2.20. The van der Waals surface area contributed by atoms with Gasteiger partial charge in [0.25, 0.3) is 0 Å². The third-order valence-electron chi connectivity index (χ3n) is 2.82. The van der Waals surface area contributed by atoms with Crippen LogP contribution in [-0.2, 0) is 6.42 Å². The number of hydrogen-bond donors (Lipinski definition) is 1. The average Bonchev–Trinajstić information content (AvgIpc) is 2.71. The van der Waals surface area contributed by atoms with E-state index in [0.717, 1.165) is 21.6 Å². The molecule has 1 aromatic carbocycles. The summed E-state index contributed by atoms with van der Waals surface area (Å²) in [6, 6.07) is 8.85. The van der Waals surface area contributed by atoms with Crippen molar-refractivity contribution in [2.75, 3.05) is 7.05 Å². The minimum Gasteiger partial charge on any atom is -0.465 e. The van der Waals surface area contributed by atoms with Crippen LogP contribution < -0.4 is 5.32 Å². The summed E-state index contributed by atoms with van der Waals surface area (Å²) in [5.74, 6) is 1.52. The van der Waals surface area contributed by atoms with E-state index in [0.29, 0.717) is 6.42 Å². The maximum Gasteiger partial charge on any atom is 0.124 e. The van der Waals surface area contributed by atoms with Gasteiger partial charge in [0.2, 0.25) is 0 Å². The highest BCUT2D eigenvalue weighted by Gasteiger charge is 2.14. The molecule has 96 valence electrons. The van der Waals surface area contributed by atoms with Crippen LogP contribution in [0.3, 0.4) is 0 Å². The molecule has 0 aliphatic carbocycles. The summed E-state index contributed by atoms with van der Waals surface area (Å²) < 4.78 is 19.7. The molecular weight excluding hydrogens is 297 g/mol. The van der Waals surface area contributed by atoms with Gasteiger partial charge in [0.15, 0.2) is 0 Å². The van der Waals surface area contributed by atoms with Crippen LogP contribution in [0.5, 0.6) is 0 Å². The number of nitrogens with one attached hydrogen (secondary N) is 1. The molecule has 0 amide bonds. The maximum absolute atomic E-state index is 13.3. The van der Waals surface area contributed by atoms with Crippen LogP contribution in [0, 0.1) is 12.7 Å². The highest BCUT2D eigenvalue weighted by Crippen LogP contribution is 2.23. The van der Waals surface area contributed by atoms with Gasteiger partial charge in [-0.3, -0.25) is 0 Å². The first-order valence-corrected chi connectivity index (χ1v) is 6.56. The Morgan fingerprint density at radius 1 is 1.33 bits per heavy atom. The van der Waals surface area contributed by atoms with Crippen molar-refractivity contribution in [3.8, 4) is 0 Å². The van der Waals surface area contributed by atoms with Gasteiger partial charge >= 0.3 is 0 Å². The van der Waals surface area contributed by atoms with Crippen LogP contribution in [0.15, 0.2) is 39.2 Å². The Bertz CT molecular complexity index is 518. The number of halogens is 2. The third-order valence-corrected chi connectivity index (χ3v) is 3.27. The van der Waals surface area contributed by atoms with E-state index in [4.69, 9.17) is 4.42 Å². The van der Waals surface area contributed by atoms with E-state index in [2.05, 4.69) is 21.2 Å². The fourth-order valence-electron chi connectivity index (χ4n) is 1.95. The van der Waals surface area contributed by atoms with Gasteiger partial charge in [0.1, 0.15) is 17.3 Å². The van der Waals surface area contributed by atoms with Crippen molar-refractivity contribution in [2.24, 2.45) is 0 Å². The molecule has 4 heteroatoms. The maximum atomic E-state index is 13.3. The molecule has 1 atom stereocenters. The topological polar surface area (TPSA) is 25.2 Å². The summed E-state index contributed by atoms with van der Waals surface area (Å²) >= 11 is 3.30. The molecule has 1 heterocycles. The van der Waals surface area contributed by atoms with E-state index in [1.54, 1.807) is 6.07 Å². The van der Waals surface area contributed by atoms with Gasteiger partial charge in [-0.2, -0.15) is 0 Å². The lowest BCUT2D eigenvalue weighted by Crippen LogP contribution is -2.18. The largest absolute Gasteiger partial charge is 0.465 e. The first-order chi connectivity index (χ1) is 8.58. The summed E-state index contributed by atoms with van der Waals surface area (Å²) in [6.07, 6.45) is 0.680. The Morgan fingerprint density at radius 3 is 2.67 bits per heavy atom. The molecule has 0 fully saturated rings. The summed E-state index contributed by atoms with van der Waals surface area (Å²) in [4.78, 5) is 0. The van der Waals surface area contributed by atoms with E-state index >= 15 is 0 Å². The second kappa shape index (κ2) is 5.67. The van der Waals surface area contributed by atoms with Crippen molar-refractivity contribution in [3.63, 3.8) is 0 Å². The van der Waals surface area contributed by atoms with Gasteiger partial charge in [-0.25, -0.2) is 4.39 Å². The molecule has 0 spiro atoms. The summed E-state index contributed by atoms with van der Waals surface area (Å²) in [7, 11) is 1.87. The normalized spacial score (nSPS) is 12.7. The molecule has 0 aliphatic rings. The van der Waals surface area contributed by atoms with Crippen molar-refractivity contribution in [3.05, 3.63) is 57.7 Å². The van der Waals surface area contributed by atoms with Crippen molar-refractivity contribution in [2.45, 2.75) is 19.4 Å². The van der Waals surface area contributed by atoms with Crippen LogP contribution in [0.1, 0.15) is 23.1 Å². The second-order valence-electron chi connectivity index (χ2n) is 4.27. The zero-order valence-electron chi connectivity index (χ0n) is 10.3. The van der Waals surface area contributed by atoms with Crippen LogP contribution >= 0.6 is 15.9 Å². The number of aryl methyl sites for hydroxylation is 1. The van der Waals surface area contributed by atoms with Gasteiger partial charge in [0, 0.05) is 4.47 Å². The number of likely N-dealkylation sites (N-methyl/N-ethyl adjacent to an activating group) is 1. The van der Waals surface area contributed by atoms with Crippen molar-refractivity contribution >= 4 is 15.9 Å². The quantitative estimate of drug-likeness (QED) is 0.923. The van der Waals surface area contributed by atoms with Gasteiger partial charge < -0.3 is 9.73 Å². The first kappa shape index (κ1) is 13.3. The number of rotatable bonds is 4. The lowest BCUT2D eigenvalue weighted by atomic mass is 10.0. The average molecular weight is 312 g/mol. The molecule has 0 radical (unpaired) electrons. The van der Waals surface area contributed by atoms with Crippen LogP contribution in [0.4, 0.5) is 4.39 Å². The predicted octanol–water partition coefficient (Wildman–Crippen LogP) is 3.99. The van der Waals surface area contributed by atoms with E-state index in [-0.39, 0.29) is 11.9 Å². The standard InChI is InChI=1S/C14H15BrFNO/c1-9-3-4-14(18-9)13(17-2)7-10-5-11(15)8-12(16)6-10/h3-6,8,13,17H,7H2,1-2H3. The van der Waals surface area contributed by atoms with Crippen LogP contribution in [0.2, 0.25) is 0 Å². The van der Waals surface area contributed by atoms with E-state index in [1.807, 2.05) is 32.2 Å². The van der Waals surface area contributed by atoms with Crippen molar-refractivity contribution in [1.29, 1.82) is 0 Å². The number of benzene rings is 1. The van der Waals surface area contributed by atoms with E-state index in [1.165, 1.54) is 6.07 Å². The number of hydrogen-bond acceptors (Lipinski definition) is 2. The molecule has 2 nitrogen and oxygen atoms in total. The number of furan rings is 1. The first-order valence-electron chi connectivity index (χ1n) is 5.77. The summed E-state index contributed by atoms with van der Waals surface area (Å²) in [5, 5.41) is 3.19. The van der Waals surface area contributed by atoms with Crippen molar-refractivity contribution < 1.29 is 8.81 Å². The Kier molecular flexibility index (Phi) is 4.19. The monoisotopic (exact) mass is 311 g/mol. The highest BCUT2D eigenvalue weighted by molar-refractivity contribution is 9.10. The molecule has 0 aliphatic heterocycles. The molecule has 1 aromatic heterocycles. The summed E-state index contributed by atoms with van der Waals surface area (Å²) in [5.41, 5.74) is 0.926. The Hall–Kier alpha value is -1.13. The van der Waals surface area contributed by atoms with Gasteiger partial charge in [-0.05, 0) is 56.3 Å². The second-order valence-corrected chi connectivity index (χ2v) is 5.19. The van der Waals surface area contributed by atoms with Gasteiger partial charge in [-0.15, -0.1) is 0 Å². The zero-order chi connectivity index (χ0) is 13.1. The SMILES string of the molecule is CNC(Cc1cc(F)cc(Br)c1)c1ccc(C)o1. The molecule has 2 rings (SSSR count). The molecule has 1 unspecified atom stereocenters. The molecular formula is C14H15BrFNO. The smallest absolute Gasteiger partial charge is 0.124 e. The van der Waals surface area contributed by atoms with Crippen LogP contribution in [0.25, 0.3) is 0 Å². The molecule has 2 aromatic rings. The van der Waals surface area contributed by atoms with Gasteiger partial charge in [0.05, 0.1) is 6.04 Å². The van der Waals surface area contributed by atoms with Crippen LogP contribution in [-0.4, -0.2) is 7.05 Å². The fraction of sp³-hybridized carbons (Fsp3) is 0.286. The van der Waals surface area contributed by atoms with E-state index < -0.39 is 0 Å². The third kappa shape index (κ3) is 3.21. The predicted molar refractivity (Wildman–Crippen MR) is 73.0 cm³/mol. The Morgan fingerprint density at radius 2 is 2.11 bits per heavy atom. The fourth-order valence-corrected chi connectivity index (χ4v) is 2.46. The minimum atomic E-state index is -0.232. The van der Waals surface area contributed by atoms with Gasteiger partial charge in [-0.1, -0.05) is 15.9 Å². The lowest BCUT2D eigenvalue weighted by Gasteiger charge is -2.14. The molecule has 18 heavy (non-hydrogen) atoms. The summed E-state index contributed by atoms with van der Waals surface area (Å²) in [6.45, 7) is 1.91. The molecule has 0 bridgehead atoms. The zero-order valence-corrected chi connectivity index (χ0v) is 11.9. The minimum absolute atomic E-state index is 0.0485. The lowest BCUT2D eigenvalue weighted by molar-refractivity contribution is 0.414. The molecule has 0 saturated heterocycles. The molecule has 1 N–H and O–H groups in total. The highest BCUT2D eigenvalue weighted by atomic mass is 79.9. The Labute approximate surface area is 114 Å².